The molecule has 0 nitrogen and oxygen atoms in total. The molecule has 0 aliphatic rings. The van der Waals surface area contributed by atoms with Crippen LogP contribution in [0.4, 0.5) is 0 Å². The number of rotatable bonds is 4. The summed E-state index contributed by atoms with van der Waals surface area (Å²) in [4.78, 5) is 0. The zero-order valence-electron chi connectivity index (χ0n) is 11.7. The van der Waals surface area contributed by atoms with E-state index in [0.29, 0.717) is 8.67 Å². The molecule has 2 rings (SSSR count). The van der Waals surface area contributed by atoms with E-state index in [0.717, 1.165) is 17.5 Å². The summed E-state index contributed by atoms with van der Waals surface area (Å²) in [5.74, 6) is 0. The third-order valence-corrected chi connectivity index (χ3v) is 5.83. The van der Waals surface area contributed by atoms with Crippen LogP contribution in [-0.4, -0.2) is 0 Å². The standard InChI is InChI=1S/C16H17Cl3S/c1-4-16(2,3)11-7-5-10(6-8-11)14(18)12-9-13(17)20-15(12)19/h5-9,14H,4H2,1-3H3. The van der Waals surface area contributed by atoms with Crippen molar-refractivity contribution < 1.29 is 0 Å². The van der Waals surface area contributed by atoms with Crippen molar-refractivity contribution in [3.63, 3.8) is 0 Å². The molecule has 1 atom stereocenters. The summed E-state index contributed by atoms with van der Waals surface area (Å²) >= 11 is 20.0. The van der Waals surface area contributed by atoms with Crippen LogP contribution in [-0.2, 0) is 5.41 Å². The van der Waals surface area contributed by atoms with Gasteiger partial charge in [0, 0.05) is 5.56 Å². The first-order valence-electron chi connectivity index (χ1n) is 6.54. The third kappa shape index (κ3) is 3.33. The van der Waals surface area contributed by atoms with Crippen molar-refractivity contribution in [2.24, 2.45) is 0 Å². The van der Waals surface area contributed by atoms with Crippen molar-refractivity contribution in [2.75, 3.05) is 0 Å². The SMILES string of the molecule is CCC(C)(C)c1ccc(C(Cl)c2cc(Cl)sc2Cl)cc1. The summed E-state index contributed by atoms with van der Waals surface area (Å²) in [5, 5.41) is -0.259. The molecular weight excluding hydrogens is 331 g/mol. The molecule has 2 aromatic rings. The van der Waals surface area contributed by atoms with Crippen LogP contribution in [0.1, 0.15) is 49.3 Å². The van der Waals surface area contributed by atoms with Crippen molar-refractivity contribution in [3.8, 4) is 0 Å². The quantitative estimate of drug-likeness (QED) is 0.519. The van der Waals surface area contributed by atoms with Crippen LogP contribution in [0.5, 0.6) is 0 Å². The number of hydrogen-bond donors (Lipinski definition) is 0. The fourth-order valence-corrected chi connectivity index (χ4v) is 3.98. The molecule has 0 radical (unpaired) electrons. The number of thiophene rings is 1. The topological polar surface area (TPSA) is 0 Å². The molecule has 0 fully saturated rings. The Morgan fingerprint density at radius 2 is 1.75 bits per heavy atom. The average molecular weight is 348 g/mol. The van der Waals surface area contributed by atoms with Gasteiger partial charge in [-0.15, -0.1) is 22.9 Å². The fraction of sp³-hybridized carbons (Fsp3) is 0.375. The Morgan fingerprint density at radius 1 is 1.15 bits per heavy atom. The molecule has 0 bridgehead atoms. The highest BCUT2D eigenvalue weighted by Gasteiger charge is 2.20. The second-order valence-electron chi connectivity index (χ2n) is 5.50. The van der Waals surface area contributed by atoms with Gasteiger partial charge in [0.1, 0.15) is 0 Å². The van der Waals surface area contributed by atoms with Crippen molar-refractivity contribution in [1.29, 1.82) is 0 Å². The Labute approximate surface area is 139 Å². The van der Waals surface area contributed by atoms with E-state index in [9.17, 15) is 0 Å². The number of hydrogen-bond acceptors (Lipinski definition) is 1. The minimum absolute atomic E-state index is 0.184. The minimum Gasteiger partial charge on any atom is -0.113 e. The van der Waals surface area contributed by atoms with Crippen LogP contribution in [0.25, 0.3) is 0 Å². The van der Waals surface area contributed by atoms with E-state index in [2.05, 4.69) is 45.0 Å². The zero-order valence-corrected chi connectivity index (χ0v) is 14.8. The van der Waals surface area contributed by atoms with E-state index in [1.165, 1.54) is 16.9 Å². The Balaban J connectivity index is 2.28. The molecule has 0 saturated heterocycles. The molecule has 0 N–H and O–H groups in total. The molecule has 108 valence electrons. The number of alkyl halides is 1. The van der Waals surface area contributed by atoms with Gasteiger partial charge in [0.05, 0.1) is 14.0 Å². The van der Waals surface area contributed by atoms with Crippen LogP contribution in [0.2, 0.25) is 8.67 Å². The van der Waals surface area contributed by atoms with Gasteiger partial charge in [-0.25, -0.2) is 0 Å². The van der Waals surface area contributed by atoms with Crippen LogP contribution in [0.3, 0.4) is 0 Å². The molecule has 1 heterocycles. The predicted octanol–water partition coefficient (Wildman–Crippen LogP) is 7.07. The Kier molecular flexibility index (Phi) is 5.07. The van der Waals surface area contributed by atoms with Gasteiger partial charge in [-0.1, -0.05) is 68.2 Å². The first kappa shape index (κ1) is 16.2. The maximum atomic E-state index is 6.51. The molecule has 1 aromatic carbocycles. The summed E-state index contributed by atoms with van der Waals surface area (Å²) in [6.07, 6.45) is 1.10. The lowest BCUT2D eigenvalue weighted by molar-refractivity contribution is 0.506. The van der Waals surface area contributed by atoms with Crippen molar-refractivity contribution in [3.05, 3.63) is 55.7 Å². The Hall–Kier alpha value is -0.210. The smallest absolute Gasteiger partial charge is 0.0994 e. The minimum atomic E-state index is -0.259. The number of benzene rings is 1. The normalized spacial score (nSPS) is 13.5. The maximum absolute atomic E-state index is 6.51. The molecule has 0 aliphatic carbocycles. The van der Waals surface area contributed by atoms with Gasteiger partial charge in [-0.05, 0) is 29.0 Å². The van der Waals surface area contributed by atoms with E-state index in [-0.39, 0.29) is 10.8 Å². The van der Waals surface area contributed by atoms with E-state index in [1.54, 1.807) is 0 Å². The van der Waals surface area contributed by atoms with Gasteiger partial charge in [-0.2, -0.15) is 0 Å². The van der Waals surface area contributed by atoms with Crippen LogP contribution >= 0.6 is 46.1 Å². The Bertz CT molecular complexity index is 584. The second kappa shape index (κ2) is 6.27. The summed E-state index contributed by atoms with van der Waals surface area (Å²) in [6.45, 7) is 6.69. The molecule has 0 amide bonds. The lowest BCUT2D eigenvalue weighted by atomic mass is 9.82. The Morgan fingerprint density at radius 3 is 2.20 bits per heavy atom. The highest BCUT2D eigenvalue weighted by atomic mass is 35.5. The van der Waals surface area contributed by atoms with Crippen molar-refractivity contribution >= 4 is 46.1 Å². The maximum Gasteiger partial charge on any atom is 0.0994 e. The van der Waals surface area contributed by atoms with Gasteiger partial charge in [-0.3, -0.25) is 0 Å². The first-order valence-corrected chi connectivity index (χ1v) is 8.55. The largest absolute Gasteiger partial charge is 0.113 e. The summed E-state index contributed by atoms with van der Waals surface area (Å²) in [7, 11) is 0. The van der Waals surface area contributed by atoms with Crippen LogP contribution < -0.4 is 0 Å². The van der Waals surface area contributed by atoms with E-state index in [4.69, 9.17) is 34.8 Å². The third-order valence-electron chi connectivity index (χ3n) is 3.82. The van der Waals surface area contributed by atoms with Crippen molar-refractivity contribution in [1.82, 2.24) is 0 Å². The summed E-state index contributed by atoms with van der Waals surface area (Å²) in [5.41, 5.74) is 3.43. The van der Waals surface area contributed by atoms with Crippen LogP contribution in [0, 0.1) is 0 Å². The van der Waals surface area contributed by atoms with E-state index in [1.807, 2.05) is 6.07 Å². The average Bonchev–Trinajstić information content (AvgIpc) is 2.77. The molecule has 4 heteroatoms. The molecule has 0 aliphatic heterocycles. The summed E-state index contributed by atoms with van der Waals surface area (Å²) in [6, 6.07) is 10.3. The van der Waals surface area contributed by atoms with E-state index < -0.39 is 0 Å². The van der Waals surface area contributed by atoms with Crippen molar-refractivity contribution in [2.45, 2.75) is 38.0 Å². The zero-order chi connectivity index (χ0) is 14.9. The monoisotopic (exact) mass is 346 g/mol. The van der Waals surface area contributed by atoms with Crippen LogP contribution in [0.15, 0.2) is 30.3 Å². The second-order valence-corrected chi connectivity index (χ2v) is 8.22. The molecule has 1 aromatic heterocycles. The fourth-order valence-electron chi connectivity index (χ4n) is 2.01. The lowest BCUT2D eigenvalue weighted by Crippen LogP contribution is -2.15. The highest BCUT2D eigenvalue weighted by Crippen LogP contribution is 2.41. The molecule has 0 spiro atoms. The van der Waals surface area contributed by atoms with E-state index >= 15 is 0 Å². The molecule has 1 unspecified atom stereocenters. The summed E-state index contributed by atoms with van der Waals surface area (Å²) < 4.78 is 1.33. The predicted molar refractivity (Wildman–Crippen MR) is 91.8 cm³/mol. The highest BCUT2D eigenvalue weighted by molar-refractivity contribution is 7.20. The lowest BCUT2D eigenvalue weighted by Gasteiger charge is -2.23. The first-order chi connectivity index (χ1) is 9.35. The number of halogens is 3. The van der Waals surface area contributed by atoms with Gasteiger partial charge < -0.3 is 0 Å². The van der Waals surface area contributed by atoms with Gasteiger partial charge in [0.25, 0.3) is 0 Å². The van der Waals surface area contributed by atoms with Gasteiger partial charge in [0.2, 0.25) is 0 Å². The molecular formula is C16H17Cl3S. The molecule has 20 heavy (non-hydrogen) atoms. The molecule has 0 saturated carbocycles. The van der Waals surface area contributed by atoms with Gasteiger partial charge >= 0.3 is 0 Å². The van der Waals surface area contributed by atoms with Gasteiger partial charge in [0.15, 0.2) is 0 Å².